The van der Waals surface area contributed by atoms with E-state index in [2.05, 4.69) is 9.97 Å². The van der Waals surface area contributed by atoms with Crippen molar-refractivity contribution in [2.45, 2.75) is 45.5 Å². The maximum absolute atomic E-state index is 14.1. The molecule has 0 saturated carbocycles. The fourth-order valence-electron chi connectivity index (χ4n) is 5.39. The van der Waals surface area contributed by atoms with E-state index in [0.29, 0.717) is 35.1 Å². The monoisotopic (exact) mass is 704 g/mol. The summed E-state index contributed by atoms with van der Waals surface area (Å²) in [5.41, 5.74) is 5.40. The second-order valence-electron chi connectivity index (χ2n) is 11.7. The zero-order valence-electron chi connectivity index (χ0n) is 27.6. The molecule has 0 aliphatic heterocycles. The van der Waals surface area contributed by atoms with Crippen molar-refractivity contribution in [3.05, 3.63) is 156 Å². The molecule has 0 atom stereocenters. The third-order valence-electron chi connectivity index (χ3n) is 8.22. The molecule has 6 aromatic rings. The summed E-state index contributed by atoms with van der Waals surface area (Å²) in [7, 11) is 0. The van der Waals surface area contributed by atoms with Gasteiger partial charge in [-0.3, -0.25) is 9.97 Å². The van der Waals surface area contributed by atoms with E-state index >= 15 is 0 Å². The molecule has 0 bridgehead atoms. The largest absolute Gasteiger partial charge is 0.433 e. The van der Waals surface area contributed by atoms with Gasteiger partial charge in [0, 0.05) is 23.5 Å². The highest BCUT2D eigenvalue weighted by Crippen LogP contribution is 2.32. The van der Waals surface area contributed by atoms with Gasteiger partial charge in [-0.1, -0.05) is 105 Å². The summed E-state index contributed by atoms with van der Waals surface area (Å²) in [5, 5.41) is 0. The van der Waals surface area contributed by atoms with Crippen molar-refractivity contribution in [2.24, 2.45) is 0 Å². The predicted molar refractivity (Wildman–Crippen MR) is 184 cm³/mol. The van der Waals surface area contributed by atoms with Gasteiger partial charge in [-0.25, -0.2) is 8.78 Å². The summed E-state index contributed by atoms with van der Waals surface area (Å²) in [5.74, 6) is -0.462. The normalized spacial score (nSPS) is 11.6. The minimum atomic E-state index is -4.45. The van der Waals surface area contributed by atoms with Crippen molar-refractivity contribution in [1.82, 2.24) is 9.97 Å². The molecule has 0 aliphatic carbocycles. The lowest BCUT2D eigenvalue weighted by molar-refractivity contribution is -0.141. The van der Waals surface area contributed by atoms with Crippen molar-refractivity contribution < 1.29 is 35.1 Å². The van der Waals surface area contributed by atoms with Crippen LogP contribution >= 0.6 is 0 Å². The van der Waals surface area contributed by atoms with Gasteiger partial charge < -0.3 is 0 Å². The van der Waals surface area contributed by atoms with E-state index in [-0.39, 0.29) is 11.6 Å². The molecule has 0 unspecified atom stereocenters. The first-order valence-electron chi connectivity index (χ1n) is 16.1. The lowest BCUT2D eigenvalue weighted by atomic mass is 9.99. The van der Waals surface area contributed by atoms with Crippen LogP contribution in [0.15, 0.2) is 122 Å². The van der Waals surface area contributed by atoms with Crippen LogP contribution in [0.1, 0.15) is 42.8 Å². The van der Waals surface area contributed by atoms with Crippen molar-refractivity contribution in [3.63, 3.8) is 0 Å². The molecule has 6 rings (SSSR count). The summed E-state index contributed by atoms with van der Waals surface area (Å²) < 4.78 is 103. The van der Waals surface area contributed by atoms with Crippen LogP contribution in [-0.4, -0.2) is 9.97 Å². The molecule has 4 aromatic carbocycles. The van der Waals surface area contributed by atoms with Crippen molar-refractivity contribution >= 4 is 0 Å². The number of hydrogen-bond acceptors (Lipinski definition) is 2. The van der Waals surface area contributed by atoms with Crippen molar-refractivity contribution in [2.75, 3.05) is 0 Å². The average molecular weight is 705 g/mol. The zero-order valence-corrected chi connectivity index (χ0v) is 27.6. The van der Waals surface area contributed by atoms with E-state index in [1.807, 2.05) is 50.2 Å². The molecule has 0 aliphatic rings. The first-order chi connectivity index (χ1) is 24.3. The number of aromatic nitrogens is 2. The van der Waals surface area contributed by atoms with Gasteiger partial charge >= 0.3 is 12.4 Å². The van der Waals surface area contributed by atoms with Crippen LogP contribution in [0.4, 0.5) is 35.1 Å². The van der Waals surface area contributed by atoms with E-state index in [0.717, 1.165) is 51.9 Å². The molecule has 0 saturated heterocycles. The second kappa shape index (κ2) is 15.7. The number of pyridine rings is 2. The minimum Gasteiger partial charge on any atom is -0.251 e. The number of benzene rings is 4. The van der Waals surface area contributed by atoms with Crippen LogP contribution in [0.2, 0.25) is 0 Å². The molecule has 262 valence electrons. The Hall–Kier alpha value is -5.38. The molecule has 0 amide bonds. The summed E-state index contributed by atoms with van der Waals surface area (Å²) in [6.45, 7) is 3.90. The maximum atomic E-state index is 14.1. The molecule has 0 radical (unpaired) electrons. The number of aryl methyl sites for hydroxylation is 2. The summed E-state index contributed by atoms with van der Waals surface area (Å²) >= 11 is 0. The molecular weight excluding hydrogens is 672 g/mol. The van der Waals surface area contributed by atoms with E-state index in [1.165, 1.54) is 36.7 Å². The first-order valence-corrected chi connectivity index (χ1v) is 16.1. The molecule has 51 heavy (non-hydrogen) atoms. The van der Waals surface area contributed by atoms with Gasteiger partial charge in [0.2, 0.25) is 0 Å². The van der Waals surface area contributed by atoms with Crippen LogP contribution in [0.25, 0.3) is 44.5 Å². The summed E-state index contributed by atoms with van der Waals surface area (Å²) in [4.78, 5) is 6.93. The third-order valence-corrected chi connectivity index (χ3v) is 8.22. The molecule has 2 nitrogen and oxygen atoms in total. The Morgan fingerprint density at radius 3 is 1.06 bits per heavy atom. The number of nitrogens with zero attached hydrogens (tertiary/aromatic N) is 2. The fourth-order valence-corrected chi connectivity index (χ4v) is 5.39. The fraction of sp³-hybridized carbons (Fsp3) is 0.171. The minimum absolute atomic E-state index is 0.222. The zero-order chi connectivity index (χ0) is 36.8. The van der Waals surface area contributed by atoms with Crippen LogP contribution in [0.5, 0.6) is 0 Å². The summed E-state index contributed by atoms with van der Waals surface area (Å²) in [6, 6.07) is 29.4. The highest BCUT2D eigenvalue weighted by Gasteiger charge is 2.32. The van der Waals surface area contributed by atoms with Crippen LogP contribution in [0, 0.1) is 11.6 Å². The highest BCUT2D eigenvalue weighted by atomic mass is 19.4. The van der Waals surface area contributed by atoms with Crippen LogP contribution in [0.3, 0.4) is 0 Å². The third kappa shape index (κ3) is 9.25. The Labute approximate surface area is 290 Å². The molecule has 2 aromatic heterocycles. The van der Waals surface area contributed by atoms with Crippen LogP contribution < -0.4 is 0 Å². The number of alkyl halides is 6. The van der Waals surface area contributed by atoms with E-state index in [9.17, 15) is 35.1 Å². The molecule has 0 spiro atoms. The SMILES string of the molecule is CCCc1ccc(-c2ccc(-c3ccc(C(F)(F)F)nc3)cc2)cc1F.CCc1ccc(-c2ccc(-c3ccc(C(F)(F)F)nc3)cc2)cc1F. The molecule has 0 fully saturated rings. The summed E-state index contributed by atoms with van der Waals surface area (Å²) in [6.07, 6.45) is -4.28. The Morgan fingerprint density at radius 2 is 0.765 bits per heavy atom. The van der Waals surface area contributed by atoms with Crippen molar-refractivity contribution in [3.8, 4) is 44.5 Å². The Bertz CT molecular complexity index is 2050. The predicted octanol–water partition coefficient (Wildman–Crippen LogP) is 12.7. The quantitative estimate of drug-likeness (QED) is 0.155. The van der Waals surface area contributed by atoms with E-state index < -0.39 is 23.7 Å². The van der Waals surface area contributed by atoms with Gasteiger partial charge in [0.05, 0.1) is 0 Å². The van der Waals surface area contributed by atoms with Gasteiger partial charge in [0.15, 0.2) is 0 Å². The van der Waals surface area contributed by atoms with Crippen molar-refractivity contribution in [1.29, 1.82) is 0 Å². The standard InChI is InChI=1S/C21H17F4N.C20H15F4N/c1-2-3-16-8-9-17(12-19(16)22)14-4-6-15(7-5-14)18-10-11-20(26-13-18)21(23,24)25;1-2-13-3-8-16(11-18(13)21)14-4-6-15(7-5-14)17-9-10-19(25-12-17)20(22,23)24/h4-13H,2-3H2,1H3;3-12H,2H2,1H3. The van der Waals surface area contributed by atoms with E-state index in [1.54, 1.807) is 36.4 Å². The Balaban J connectivity index is 0.000000198. The highest BCUT2D eigenvalue weighted by molar-refractivity contribution is 5.71. The number of hydrogen-bond donors (Lipinski definition) is 0. The Kier molecular flexibility index (Phi) is 11.3. The smallest absolute Gasteiger partial charge is 0.251 e. The topological polar surface area (TPSA) is 25.8 Å². The Morgan fingerprint density at radius 1 is 0.431 bits per heavy atom. The molecule has 10 heteroatoms. The van der Waals surface area contributed by atoms with Gasteiger partial charge in [-0.15, -0.1) is 0 Å². The maximum Gasteiger partial charge on any atom is 0.433 e. The van der Waals surface area contributed by atoms with Gasteiger partial charge in [-0.05, 0) is 81.6 Å². The number of rotatable bonds is 7. The van der Waals surface area contributed by atoms with E-state index in [4.69, 9.17) is 0 Å². The van der Waals surface area contributed by atoms with Crippen LogP contribution in [-0.2, 0) is 25.2 Å². The molecular formula is C41H32F8N2. The molecule has 0 N–H and O–H groups in total. The lowest BCUT2D eigenvalue weighted by Crippen LogP contribution is -2.07. The van der Waals surface area contributed by atoms with Gasteiger partial charge in [0.1, 0.15) is 23.0 Å². The first kappa shape index (κ1) is 36.9. The second-order valence-corrected chi connectivity index (χ2v) is 11.7. The average Bonchev–Trinajstić information content (AvgIpc) is 3.12. The van der Waals surface area contributed by atoms with Gasteiger partial charge in [0.25, 0.3) is 0 Å². The van der Waals surface area contributed by atoms with Gasteiger partial charge in [-0.2, -0.15) is 26.3 Å². The lowest BCUT2D eigenvalue weighted by Gasteiger charge is -2.09. The number of halogens is 8. The molecule has 2 heterocycles.